The maximum absolute atomic E-state index is 11.1. The number of hydrogen-bond acceptors (Lipinski definition) is 3. The van der Waals surface area contributed by atoms with Gasteiger partial charge in [0.2, 0.25) is 5.91 Å². The van der Waals surface area contributed by atoms with E-state index in [4.69, 9.17) is 9.84 Å². The molecule has 1 unspecified atom stereocenters. The number of rotatable bonds is 6. The van der Waals surface area contributed by atoms with Gasteiger partial charge in [-0.2, -0.15) is 0 Å². The second kappa shape index (κ2) is 6.76. The van der Waals surface area contributed by atoms with Gasteiger partial charge in [0.05, 0.1) is 6.61 Å². The van der Waals surface area contributed by atoms with Crippen molar-refractivity contribution in [3.63, 3.8) is 0 Å². The molecule has 0 spiro atoms. The van der Waals surface area contributed by atoms with Gasteiger partial charge in [-0.3, -0.25) is 4.79 Å². The molecule has 1 aromatic carbocycles. The Kier molecular flexibility index (Phi) is 5.32. The van der Waals surface area contributed by atoms with Crippen LogP contribution in [0.2, 0.25) is 0 Å². The number of ether oxygens (including phenoxy) is 1. The van der Waals surface area contributed by atoms with Crippen molar-refractivity contribution in [1.82, 2.24) is 5.32 Å². The molecule has 1 aromatic rings. The van der Waals surface area contributed by atoms with Gasteiger partial charge in [-0.15, -0.1) is 0 Å². The molecule has 18 heavy (non-hydrogen) atoms. The lowest BCUT2D eigenvalue weighted by atomic mass is 10.0. The summed E-state index contributed by atoms with van der Waals surface area (Å²) in [6.45, 7) is 1.72. The Bertz CT molecular complexity index is 431. The lowest BCUT2D eigenvalue weighted by Gasteiger charge is -2.15. The van der Waals surface area contributed by atoms with Crippen molar-refractivity contribution < 1.29 is 19.4 Å². The minimum atomic E-state index is -1.04. The zero-order valence-corrected chi connectivity index (χ0v) is 10.5. The van der Waals surface area contributed by atoms with E-state index in [1.54, 1.807) is 7.11 Å². The van der Waals surface area contributed by atoms with Crippen LogP contribution in [-0.4, -0.2) is 30.1 Å². The van der Waals surface area contributed by atoms with Crippen LogP contribution in [0.3, 0.4) is 0 Å². The number of aliphatic carboxylic acids is 1. The minimum Gasteiger partial charge on any atom is -0.480 e. The fourth-order valence-electron chi connectivity index (χ4n) is 1.72. The van der Waals surface area contributed by atoms with Crippen LogP contribution in [-0.2, 0) is 27.4 Å². The van der Waals surface area contributed by atoms with E-state index < -0.39 is 12.0 Å². The molecular weight excluding hydrogens is 234 g/mol. The van der Waals surface area contributed by atoms with Gasteiger partial charge in [0, 0.05) is 20.5 Å². The molecule has 5 heteroatoms. The molecule has 1 amide bonds. The van der Waals surface area contributed by atoms with Crippen LogP contribution in [0.25, 0.3) is 0 Å². The van der Waals surface area contributed by atoms with E-state index in [1.807, 2.05) is 24.3 Å². The Morgan fingerprint density at radius 1 is 1.33 bits per heavy atom. The highest BCUT2D eigenvalue weighted by Gasteiger charge is 2.19. The molecule has 0 saturated carbocycles. The second-order valence-corrected chi connectivity index (χ2v) is 4.00. The standard InChI is InChI=1S/C13H17NO4/c1-9(15)14-12(13(16)17)7-10-5-3-4-6-11(10)8-18-2/h3-6,12H,7-8H2,1-2H3,(H,14,15)(H,16,17). The van der Waals surface area contributed by atoms with Crippen LogP contribution < -0.4 is 5.32 Å². The summed E-state index contributed by atoms with van der Waals surface area (Å²) < 4.78 is 5.06. The molecule has 0 aliphatic rings. The second-order valence-electron chi connectivity index (χ2n) is 4.00. The monoisotopic (exact) mass is 251 g/mol. The molecule has 0 radical (unpaired) electrons. The van der Waals surface area contributed by atoms with Crippen LogP contribution in [0, 0.1) is 0 Å². The predicted octanol–water partition coefficient (Wildman–Crippen LogP) is 0.965. The first-order valence-corrected chi connectivity index (χ1v) is 5.60. The molecule has 98 valence electrons. The van der Waals surface area contributed by atoms with Crippen LogP contribution >= 0.6 is 0 Å². The lowest BCUT2D eigenvalue weighted by Crippen LogP contribution is -2.41. The Balaban J connectivity index is 2.86. The molecule has 0 heterocycles. The summed E-state index contributed by atoms with van der Waals surface area (Å²) in [5.41, 5.74) is 1.79. The van der Waals surface area contributed by atoms with Gasteiger partial charge in [0.1, 0.15) is 6.04 Å². The molecule has 0 bridgehead atoms. The lowest BCUT2D eigenvalue weighted by molar-refractivity contribution is -0.141. The molecule has 0 fully saturated rings. The SMILES string of the molecule is COCc1ccccc1CC(NC(C)=O)C(=O)O. The molecule has 0 aliphatic heterocycles. The fraction of sp³-hybridized carbons (Fsp3) is 0.385. The number of carbonyl (C=O) groups excluding carboxylic acids is 1. The van der Waals surface area contributed by atoms with Crippen molar-refractivity contribution >= 4 is 11.9 Å². The maximum Gasteiger partial charge on any atom is 0.326 e. The van der Waals surface area contributed by atoms with Crippen LogP contribution in [0.15, 0.2) is 24.3 Å². The summed E-state index contributed by atoms with van der Waals surface area (Å²) in [6.07, 6.45) is 0.244. The van der Waals surface area contributed by atoms with Gasteiger partial charge in [-0.1, -0.05) is 24.3 Å². The number of carbonyl (C=O) groups is 2. The van der Waals surface area contributed by atoms with Gasteiger partial charge in [0.15, 0.2) is 0 Å². The van der Waals surface area contributed by atoms with Gasteiger partial charge in [0.25, 0.3) is 0 Å². The highest BCUT2D eigenvalue weighted by atomic mass is 16.5. The summed E-state index contributed by atoms with van der Waals surface area (Å²) in [5, 5.41) is 11.5. The van der Waals surface area contributed by atoms with Gasteiger partial charge < -0.3 is 15.2 Å². The van der Waals surface area contributed by atoms with Gasteiger partial charge in [-0.25, -0.2) is 4.79 Å². The van der Waals surface area contributed by atoms with Gasteiger partial charge >= 0.3 is 5.97 Å². The third-order valence-electron chi connectivity index (χ3n) is 2.52. The smallest absolute Gasteiger partial charge is 0.326 e. The number of nitrogens with one attached hydrogen (secondary N) is 1. The van der Waals surface area contributed by atoms with E-state index in [0.717, 1.165) is 11.1 Å². The van der Waals surface area contributed by atoms with Crippen molar-refractivity contribution in [1.29, 1.82) is 0 Å². The molecule has 1 atom stereocenters. The first-order chi connectivity index (χ1) is 8.54. The summed E-state index contributed by atoms with van der Waals surface area (Å²) in [4.78, 5) is 22.0. The Labute approximate surface area is 106 Å². The van der Waals surface area contributed by atoms with E-state index in [1.165, 1.54) is 6.92 Å². The highest BCUT2D eigenvalue weighted by molar-refractivity contribution is 5.82. The normalized spacial score (nSPS) is 11.9. The maximum atomic E-state index is 11.1. The van der Waals surface area contributed by atoms with Gasteiger partial charge in [-0.05, 0) is 11.1 Å². The molecule has 1 rings (SSSR count). The van der Waals surface area contributed by atoms with Crippen molar-refractivity contribution in [3.8, 4) is 0 Å². The van der Waals surface area contributed by atoms with Crippen molar-refractivity contribution in [2.75, 3.05) is 7.11 Å². The number of amides is 1. The molecule has 0 saturated heterocycles. The topological polar surface area (TPSA) is 75.6 Å². The molecular formula is C13H17NO4. The molecule has 5 nitrogen and oxygen atoms in total. The van der Waals surface area contributed by atoms with E-state index >= 15 is 0 Å². The van der Waals surface area contributed by atoms with E-state index in [9.17, 15) is 9.59 Å². The number of carboxylic acid groups (broad SMARTS) is 1. The van der Waals surface area contributed by atoms with E-state index in [-0.39, 0.29) is 12.3 Å². The summed E-state index contributed by atoms with van der Waals surface area (Å²) in [5.74, 6) is -1.40. The number of methoxy groups -OCH3 is 1. The van der Waals surface area contributed by atoms with Crippen LogP contribution in [0.1, 0.15) is 18.1 Å². The summed E-state index contributed by atoms with van der Waals surface area (Å²) in [6, 6.07) is 6.51. The third kappa shape index (κ3) is 4.18. The molecule has 0 aliphatic carbocycles. The number of benzene rings is 1. The van der Waals surface area contributed by atoms with E-state index in [0.29, 0.717) is 6.61 Å². The van der Waals surface area contributed by atoms with Crippen molar-refractivity contribution in [3.05, 3.63) is 35.4 Å². The zero-order valence-electron chi connectivity index (χ0n) is 10.5. The third-order valence-corrected chi connectivity index (χ3v) is 2.52. The number of hydrogen-bond donors (Lipinski definition) is 2. The Morgan fingerprint density at radius 3 is 2.44 bits per heavy atom. The first kappa shape index (κ1) is 14.2. The van der Waals surface area contributed by atoms with E-state index in [2.05, 4.69) is 5.32 Å². The van der Waals surface area contributed by atoms with Crippen LogP contribution in [0.5, 0.6) is 0 Å². The number of carboxylic acids is 1. The summed E-state index contributed by atoms with van der Waals surface area (Å²) in [7, 11) is 1.58. The summed E-state index contributed by atoms with van der Waals surface area (Å²) >= 11 is 0. The molecule has 0 aromatic heterocycles. The minimum absolute atomic E-state index is 0.244. The quantitative estimate of drug-likeness (QED) is 0.789. The average molecular weight is 251 g/mol. The average Bonchev–Trinajstić information content (AvgIpc) is 2.30. The highest BCUT2D eigenvalue weighted by Crippen LogP contribution is 2.12. The van der Waals surface area contributed by atoms with Crippen LogP contribution in [0.4, 0.5) is 0 Å². The largest absolute Gasteiger partial charge is 0.480 e. The zero-order chi connectivity index (χ0) is 13.5. The van der Waals surface area contributed by atoms with Crippen molar-refractivity contribution in [2.45, 2.75) is 26.0 Å². The van der Waals surface area contributed by atoms with Crippen molar-refractivity contribution in [2.24, 2.45) is 0 Å². The Morgan fingerprint density at radius 2 is 1.94 bits per heavy atom. The fourth-order valence-corrected chi connectivity index (χ4v) is 1.72. The predicted molar refractivity (Wildman–Crippen MR) is 66.1 cm³/mol. The first-order valence-electron chi connectivity index (χ1n) is 5.60. The molecule has 2 N–H and O–H groups in total. The Hall–Kier alpha value is -1.88.